The number of carboxylic acid groups (broad SMARTS) is 1. The highest BCUT2D eigenvalue weighted by atomic mass is 35.5. The molecule has 0 spiro atoms. The Morgan fingerprint density at radius 1 is 1.50 bits per heavy atom. The number of halogens is 1. The number of aliphatic carboxylic acids is 1. The number of hydrogen-bond acceptors (Lipinski definition) is 2. The molecule has 3 fully saturated rings. The second-order valence-corrected chi connectivity index (χ2v) is 2.91. The second kappa shape index (κ2) is 2.40. The van der Waals surface area contributed by atoms with E-state index < -0.39 is 5.97 Å². The van der Waals surface area contributed by atoms with Gasteiger partial charge in [0, 0.05) is 6.04 Å². The molecular formula is C6H10ClNO2. The third-order valence-corrected chi connectivity index (χ3v) is 2.33. The van der Waals surface area contributed by atoms with Crippen LogP contribution >= 0.6 is 12.4 Å². The van der Waals surface area contributed by atoms with E-state index in [9.17, 15) is 4.79 Å². The van der Waals surface area contributed by atoms with Gasteiger partial charge in [0.1, 0.15) is 6.04 Å². The molecule has 58 valence electrons. The molecule has 4 heteroatoms. The highest BCUT2D eigenvalue weighted by molar-refractivity contribution is 5.85. The average Bonchev–Trinajstić information content (AvgIpc) is 2.12. The number of carbonyl (C=O) groups is 1. The molecule has 3 nitrogen and oxygen atoms in total. The van der Waals surface area contributed by atoms with Crippen LogP contribution < -0.4 is 5.32 Å². The van der Waals surface area contributed by atoms with Crippen LogP contribution in [0.5, 0.6) is 0 Å². The van der Waals surface area contributed by atoms with Crippen LogP contribution in [0.3, 0.4) is 0 Å². The van der Waals surface area contributed by atoms with Crippen LogP contribution in [-0.2, 0) is 4.79 Å². The molecule has 3 rings (SSSR count). The van der Waals surface area contributed by atoms with E-state index in [1.165, 1.54) is 0 Å². The molecule has 2 aliphatic heterocycles. The molecule has 1 atom stereocenters. The standard InChI is InChI=1S/C6H9NO2.ClH/c8-6(9)5-3-1-4(2-3)7-5;/h3-5,7H,1-2H2,(H,8,9);1H/t3?,4?,5-;/m1./s1. The zero-order valence-electron chi connectivity index (χ0n) is 5.41. The molecule has 1 saturated carbocycles. The predicted molar refractivity (Wildman–Crippen MR) is 38.3 cm³/mol. The summed E-state index contributed by atoms with van der Waals surface area (Å²) in [5.41, 5.74) is 0. The monoisotopic (exact) mass is 163 g/mol. The minimum Gasteiger partial charge on any atom is -0.480 e. The van der Waals surface area contributed by atoms with Gasteiger partial charge in [0.25, 0.3) is 0 Å². The molecule has 2 bridgehead atoms. The van der Waals surface area contributed by atoms with Gasteiger partial charge in [0.05, 0.1) is 0 Å². The Balaban J connectivity index is 0.000000500. The van der Waals surface area contributed by atoms with Gasteiger partial charge < -0.3 is 10.4 Å². The summed E-state index contributed by atoms with van der Waals surface area (Å²) >= 11 is 0. The fourth-order valence-electron chi connectivity index (χ4n) is 1.73. The van der Waals surface area contributed by atoms with Crippen LogP contribution in [0.1, 0.15) is 12.8 Å². The van der Waals surface area contributed by atoms with Gasteiger partial charge in [-0.25, -0.2) is 0 Å². The quantitative estimate of drug-likeness (QED) is 0.583. The first-order chi connectivity index (χ1) is 4.27. The molecule has 2 N–H and O–H groups in total. The van der Waals surface area contributed by atoms with Crippen LogP contribution in [0, 0.1) is 5.92 Å². The third kappa shape index (κ3) is 0.896. The van der Waals surface area contributed by atoms with Crippen molar-refractivity contribution >= 4 is 18.4 Å². The first-order valence-corrected chi connectivity index (χ1v) is 3.26. The summed E-state index contributed by atoms with van der Waals surface area (Å²) in [4.78, 5) is 10.4. The van der Waals surface area contributed by atoms with E-state index in [2.05, 4.69) is 5.32 Å². The van der Waals surface area contributed by atoms with E-state index in [1.807, 2.05) is 0 Å². The van der Waals surface area contributed by atoms with Crippen LogP contribution in [0.4, 0.5) is 0 Å². The van der Waals surface area contributed by atoms with Crippen molar-refractivity contribution in [3.05, 3.63) is 0 Å². The van der Waals surface area contributed by atoms with E-state index in [4.69, 9.17) is 5.11 Å². The van der Waals surface area contributed by atoms with Crippen molar-refractivity contribution in [3.8, 4) is 0 Å². The zero-order chi connectivity index (χ0) is 6.43. The maximum Gasteiger partial charge on any atom is 0.320 e. The lowest BCUT2D eigenvalue weighted by molar-refractivity contribution is -0.139. The van der Waals surface area contributed by atoms with Crippen molar-refractivity contribution in [1.82, 2.24) is 5.32 Å². The molecule has 1 aliphatic carbocycles. The molecule has 2 saturated heterocycles. The van der Waals surface area contributed by atoms with Gasteiger partial charge in [-0.3, -0.25) is 4.79 Å². The Morgan fingerprint density at radius 2 is 2.10 bits per heavy atom. The Labute approximate surface area is 65.2 Å². The Bertz CT molecular complexity index is 156. The van der Waals surface area contributed by atoms with Crippen molar-refractivity contribution < 1.29 is 9.90 Å². The molecule has 0 unspecified atom stereocenters. The minimum atomic E-state index is -0.681. The third-order valence-electron chi connectivity index (χ3n) is 2.33. The lowest BCUT2D eigenvalue weighted by atomic mass is 9.83. The fourth-order valence-corrected chi connectivity index (χ4v) is 1.73. The smallest absolute Gasteiger partial charge is 0.320 e. The van der Waals surface area contributed by atoms with Crippen molar-refractivity contribution in [2.24, 2.45) is 5.92 Å². The topological polar surface area (TPSA) is 49.3 Å². The average molecular weight is 164 g/mol. The van der Waals surface area contributed by atoms with E-state index in [-0.39, 0.29) is 18.4 Å². The molecule has 0 aromatic rings. The predicted octanol–water partition coefficient (Wildman–Crippen LogP) is 0.243. The van der Waals surface area contributed by atoms with Gasteiger partial charge in [-0.05, 0) is 18.8 Å². The van der Waals surface area contributed by atoms with Gasteiger partial charge in [0.15, 0.2) is 0 Å². The van der Waals surface area contributed by atoms with Crippen molar-refractivity contribution in [1.29, 1.82) is 0 Å². The molecule has 2 heterocycles. The van der Waals surface area contributed by atoms with Gasteiger partial charge in [-0.2, -0.15) is 0 Å². The summed E-state index contributed by atoms with van der Waals surface area (Å²) in [5, 5.41) is 11.6. The van der Waals surface area contributed by atoms with Crippen LogP contribution in [-0.4, -0.2) is 23.2 Å². The van der Waals surface area contributed by atoms with Gasteiger partial charge in [0.2, 0.25) is 0 Å². The van der Waals surface area contributed by atoms with Crippen LogP contribution in [0.15, 0.2) is 0 Å². The Kier molecular flexibility index (Phi) is 1.88. The fraction of sp³-hybridized carbons (Fsp3) is 0.833. The normalized spacial score (nSPS) is 41.8. The van der Waals surface area contributed by atoms with Gasteiger partial charge >= 0.3 is 5.97 Å². The Hall–Kier alpha value is -0.280. The summed E-state index contributed by atoms with van der Waals surface area (Å²) in [5.74, 6) is -0.243. The van der Waals surface area contributed by atoms with Crippen molar-refractivity contribution in [2.45, 2.75) is 24.9 Å². The largest absolute Gasteiger partial charge is 0.480 e. The molecule has 0 aromatic carbocycles. The Morgan fingerprint density at radius 3 is 2.30 bits per heavy atom. The maximum absolute atomic E-state index is 10.4. The molecule has 10 heavy (non-hydrogen) atoms. The number of carboxylic acids is 1. The first-order valence-electron chi connectivity index (χ1n) is 3.26. The highest BCUT2D eigenvalue weighted by Gasteiger charge is 2.47. The van der Waals surface area contributed by atoms with Gasteiger partial charge in [-0.15, -0.1) is 12.4 Å². The van der Waals surface area contributed by atoms with E-state index in [0.717, 1.165) is 12.8 Å². The second-order valence-electron chi connectivity index (χ2n) is 2.91. The summed E-state index contributed by atoms with van der Waals surface area (Å²) < 4.78 is 0. The summed E-state index contributed by atoms with van der Waals surface area (Å²) in [6.45, 7) is 0. The highest BCUT2D eigenvalue weighted by Crippen LogP contribution is 2.37. The SMILES string of the molecule is Cl.O=C(O)[C@@H]1NC2CC1C2. The van der Waals surface area contributed by atoms with E-state index >= 15 is 0 Å². The summed E-state index contributed by atoms with van der Waals surface area (Å²) in [6.07, 6.45) is 2.16. The minimum absolute atomic E-state index is 0. The first kappa shape index (κ1) is 7.82. The lowest BCUT2D eigenvalue weighted by Gasteiger charge is -2.20. The maximum atomic E-state index is 10.4. The lowest BCUT2D eigenvalue weighted by Crippen LogP contribution is -2.30. The molecule has 0 radical (unpaired) electrons. The molecular weight excluding hydrogens is 154 g/mol. The summed E-state index contributed by atoms with van der Waals surface area (Å²) in [7, 11) is 0. The number of nitrogens with one attached hydrogen (secondary N) is 1. The number of fused-ring (bicyclic) bond motifs is 1. The molecule has 0 aromatic heterocycles. The summed E-state index contributed by atoms with van der Waals surface area (Å²) in [6, 6.07) is 0.297. The van der Waals surface area contributed by atoms with E-state index in [1.54, 1.807) is 0 Å². The van der Waals surface area contributed by atoms with Crippen LogP contribution in [0.25, 0.3) is 0 Å². The van der Waals surface area contributed by atoms with Crippen molar-refractivity contribution in [2.75, 3.05) is 0 Å². The van der Waals surface area contributed by atoms with Crippen LogP contribution in [0.2, 0.25) is 0 Å². The van der Waals surface area contributed by atoms with Crippen molar-refractivity contribution in [3.63, 3.8) is 0 Å². The van der Waals surface area contributed by atoms with E-state index in [0.29, 0.717) is 12.0 Å². The molecule has 3 aliphatic rings. The molecule has 0 amide bonds. The van der Waals surface area contributed by atoms with Gasteiger partial charge in [-0.1, -0.05) is 0 Å². The number of rotatable bonds is 1. The zero-order valence-corrected chi connectivity index (χ0v) is 6.23. The number of hydrogen-bond donors (Lipinski definition) is 2.